The van der Waals surface area contributed by atoms with E-state index in [-0.39, 0.29) is 5.56 Å². The lowest BCUT2D eigenvalue weighted by Gasteiger charge is -2.30. The van der Waals surface area contributed by atoms with Crippen molar-refractivity contribution < 1.29 is 4.52 Å². The van der Waals surface area contributed by atoms with Crippen LogP contribution >= 0.6 is 0 Å². The molecule has 0 spiro atoms. The van der Waals surface area contributed by atoms with Crippen LogP contribution in [0.5, 0.6) is 0 Å². The number of aryl methyl sites for hydroxylation is 1. The first-order valence-corrected chi connectivity index (χ1v) is 8.78. The van der Waals surface area contributed by atoms with Crippen LogP contribution in [0.4, 0.5) is 0 Å². The van der Waals surface area contributed by atoms with E-state index in [2.05, 4.69) is 22.1 Å². The molecule has 0 bridgehead atoms. The topological polar surface area (TPSA) is 64.2 Å². The molecule has 2 aromatic heterocycles. The van der Waals surface area contributed by atoms with Gasteiger partial charge in [-0.05, 0) is 25.7 Å². The Morgan fingerprint density at radius 2 is 1.92 bits per heavy atom. The van der Waals surface area contributed by atoms with Crippen molar-refractivity contribution in [3.8, 4) is 11.3 Å². The highest BCUT2D eigenvalue weighted by Crippen LogP contribution is 2.27. The van der Waals surface area contributed by atoms with Crippen LogP contribution in [0, 0.1) is 12.8 Å². The van der Waals surface area contributed by atoms with E-state index in [1.165, 1.54) is 4.68 Å². The first-order valence-electron chi connectivity index (χ1n) is 8.78. The number of piperidine rings is 1. The fourth-order valence-electron chi connectivity index (χ4n) is 3.42. The standard InChI is InChI=1S/C19H22N4O2/c1-13-8-10-22(11-9-13)12-23-19(24)18-16(14(2)25-21-18)17(20-23)15-6-4-3-5-7-15/h3-7,13H,8-12H2,1-2H3. The number of nitrogens with zero attached hydrogens (tertiary/aromatic N) is 4. The normalized spacial score (nSPS) is 16.6. The van der Waals surface area contributed by atoms with Gasteiger partial charge in [-0.2, -0.15) is 5.10 Å². The molecule has 6 nitrogen and oxygen atoms in total. The highest BCUT2D eigenvalue weighted by molar-refractivity contribution is 5.92. The SMILES string of the molecule is Cc1onc2c(=O)n(CN3CCC(C)CC3)nc(-c3ccccc3)c12. The molecule has 0 saturated carbocycles. The molecular weight excluding hydrogens is 316 g/mol. The van der Waals surface area contributed by atoms with E-state index in [0.717, 1.165) is 43.1 Å². The lowest BCUT2D eigenvalue weighted by molar-refractivity contribution is 0.144. The third-order valence-electron chi connectivity index (χ3n) is 5.01. The van der Waals surface area contributed by atoms with E-state index < -0.39 is 0 Å². The fourth-order valence-corrected chi connectivity index (χ4v) is 3.42. The summed E-state index contributed by atoms with van der Waals surface area (Å²) < 4.78 is 6.83. The predicted octanol–water partition coefficient (Wildman–Crippen LogP) is 3.05. The summed E-state index contributed by atoms with van der Waals surface area (Å²) >= 11 is 0. The van der Waals surface area contributed by atoms with Crippen molar-refractivity contribution in [1.29, 1.82) is 0 Å². The molecule has 0 radical (unpaired) electrons. The van der Waals surface area contributed by atoms with Gasteiger partial charge in [0.1, 0.15) is 11.5 Å². The van der Waals surface area contributed by atoms with Crippen molar-refractivity contribution in [2.45, 2.75) is 33.4 Å². The number of aromatic nitrogens is 3. The van der Waals surface area contributed by atoms with Gasteiger partial charge in [0.05, 0.1) is 12.1 Å². The van der Waals surface area contributed by atoms with Gasteiger partial charge in [0.2, 0.25) is 0 Å². The molecule has 4 rings (SSSR count). The van der Waals surface area contributed by atoms with Crippen LogP contribution in [-0.2, 0) is 6.67 Å². The predicted molar refractivity (Wildman–Crippen MR) is 96.2 cm³/mol. The van der Waals surface area contributed by atoms with Gasteiger partial charge in [0.15, 0.2) is 5.52 Å². The van der Waals surface area contributed by atoms with Crippen molar-refractivity contribution in [2.75, 3.05) is 13.1 Å². The van der Waals surface area contributed by atoms with Crippen molar-refractivity contribution in [2.24, 2.45) is 5.92 Å². The molecular formula is C19H22N4O2. The molecule has 0 unspecified atom stereocenters. The van der Waals surface area contributed by atoms with Crippen molar-refractivity contribution in [3.05, 3.63) is 46.4 Å². The summed E-state index contributed by atoms with van der Waals surface area (Å²) in [4.78, 5) is 15.1. The maximum absolute atomic E-state index is 12.8. The molecule has 3 heterocycles. The van der Waals surface area contributed by atoms with Crippen LogP contribution in [-0.4, -0.2) is 32.9 Å². The summed E-state index contributed by atoms with van der Waals surface area (Å²) in [6, 6.07) is 9.88. The Bertz CT molecular complexity index is 937. The van der Waals surface area contributed by atoms with Gasteiger partial charge < -0.3 is 4.52 Å². The molecule has 3 aromatic rings. The van der Waals surface area contributed by atoms with Crippen molar-refractivity contribution in [3.63, 3.8) is 0 Å². The summed E-state index contributed by atoms with van der Waals surface area (Å²) in [5.41, 5.74) is 1.88. The monoisotopic (exact) mass is 338 g/mol. The number of benzene rings is 1. The minimum atomic E-state index is -0.190. The summed E-state index contributed by atoms with van der Waals surface area (Å²) in [7, 11) is 0. The summed E-state index contributed by atoms with van der Waals surface area (Å²) in [6.45, 7) is 6.57. The molecule has 0 atom stereocenters. The lowest BCUT2D eigenvalue weighted by atomic mass is 10.00. The Morgan fingerprint density at radius 1 is 1.20 bits per heavy atom. The average Bonchev–Trinajstić information content (AvgIpc) is 3.02. The number of hydrogen-bond donors (Lipinski definition) is 0. The number of rotatable bonds is 3. The molecule has 130 valence electrons. The third kappa shape index (κ3) is 2.98. The molecule has 1 aliphatic rings. The quantitative estimate of drug-likeness (QED) is 0.734. The zero-order valence-corrected chi connectivity index (χ0v) is 14.6. The molecule has 0 N–H and O–H groups in total. The van der Waals surface area contributed by atoms with Crippen LogP contribution in [0.2, 0.25) is 0 Å². The van der Waals surface area contributed by atoms with Gasteiger partial charge in [-0.15, -0.1) is 0 Å². The largest absolute Gasteiger partial charge is 0.360 e. The van der Waals surface area contributed by atoms with Crippen LogP contribution < -0.4 is 5.56 Å². The van der Waals surface area contributed by atoms with Gasteiger partial charge in [-0.25, -0.2) is 4.68 Å². The molecule has 6 heteroatoms. The Labute approximate surface area is 146 Å². The second-order valence-electron chi connectivity index (χ2n) is 6.92. The number of fused-ring (bicyclic) bond motifs is 1. The first kappa shape index (κ1) is 16.0. The van der Waals surface area contributed by atoms with E-state index in [1.807, 2.05) is 37.3 Å². The third-order valence-corrected chi connectivity index (χ3v) is 5.01. The Morgan fingerprint density at radius 3 is 2.64 bits per heavy atom. The molecule has 1 aliphatic heterocycles. The fraction of sp³-hybridized carbons (Fsp3) is 0.421. The highest BCUT2D eigenvalue weighted by atomic mass is 16.5. The Balaban J connectivity index is 1.80. The number of hydrogen-bond acceptors (Lipinski definition) is 5. The molecule has 1 aromatic carbocycles. The van der Waals surface area contributed by atoms with Gasteiger partial charge in [-0.1, -0.05) is 42.4 Å². The zero-order chi connectivity index (χ0) is 17.4. The Kier molecular flexibility index (Phi) is 4.13. The highest BCUT2D eigenvalue weighted by Gasteiger charge is 2.21. The summed E-state index contributed by atoms with van der Waals surface area (Å²) in [5.74, 6) is 1.37. The van der Waals surface area contributed by atoms with Gasteiger partial charge >= 0.3 is 0 Å². The Hall–Kier alpha value is -2.47. The average molecular weight is 338 g/mol. The van der Waals surface area contributed by atoms with Crippen molar-refractivity contribution >= 4 is 10.9 Å². The van der Waals surface area contributed by atoms with E-state index in [0.29, 0.717) is 23.3 Å². The van der Waals surface area contributed by atoms with Gasteiger partial charge in [-0.3, -0.25) is 9.69 Å². The van der Waals surface area contributed by atoms with Crippen LogP contribution in [0.1, 0.15) is 25.5 Å². The second kappa shape index (κ2) is 6.44. The van der Waals surface area contributed by atoms with E-state index in [9.17, 15) is 4.79 Å². The lowest BCUT2D eigenvalue weighted by Crippen LogP contribution is -2.38. The number of likely N-dealkylation sites (tertiary alicyclic amines) is 1. The molecule has 25 heavy (non-hydrogen) atoms. The van der Waals surface area contributed by atoms with E-state index in [4.69, 9.17) is 4.52 Å². The van der Waals surface area contributed by atoms with Crippen LogP contribution in [0.25, 0.3) is 22.2 Å². The zero-order valence-electron chi connectivity index (χ0n) is 14.6. The molecule has 0 aliphatic carbocycles. The maximum atomic E-state index is 12.8. The van der Waals surface area contributed by atoms with Crippen LogP contribution in [0.3, 0.4) is 0 Å². The van der Waals surface area contributed by atoms with Gasteiger partial charge in [0.25, 0.3) is 5.56 Å². The smallest absolute Gasteiger partial charge is 0.298 e. The minimum Gasteiger partial charge on any atom is -0.360 e. The molecule has 0 amide bonds. The minimum absolute atomic E-state index is 0.190. The molecule has 1 fully saturated rings. The molecule has 1 saturated heterocycles. The van der Waals surface area contributed by atoms with E-state index >= 15 is 0 Å². The van der Waals surface area contributed by atoms with E-state index in [1.54, 1.807) is 0 Å². The maximum Gasteiger partial charge on any atom is 0.298 e. The van der Waals surface area contributed by atoms with Crippen LogP contribution in [0.15, 0.2) is 39.6 Å². The van der Waals surface area contributed by atoms with Crippen molar-refractivity contribution in [1.82, 2.24) is 19.8 Å². The van der Waals surface area contributed by atoms with Gasteiger partial charge in [0, 0.05) is 18.7 Å². The summed E-state index contributed by atoms with van der Waals surface area (Å²) in [6.07, 6.45) is 2.32. The first-order chi connectivity index (χ1) is 12.1. The second-order valence-corrected chi connectivity index (χ2v) is 6.92. The summed E-state index contributed by atoms with van der Waals surface area (Å²) in [5, 5.41) is 9.39.